The second kappa shape index (κ2) is 9.03. The predicted octanol–water partition coefficient (Wildman–Crippen LogP) is 3.74. The topological polar surface area (TPSA) is 69.7 Å². The molecule has 0 bridgehead atoms. The zero-order valence-electron chi connectivity index (χ0n) is 16.0. The fourth-order valence-electron chi connectivity index (χ4n) is 2.73. The maximum Gasteiger partial charge on any atom is 0.296 e. The summed E-state index contributed by atoms with van der Waals surface area (Å²) in [5.41, 5.74) is 2.11. The minimum absolute atomic E-state index is 0.0566. The quantitative estimate of drug-likeness (QED) is 0.638. The third-order valence-electron chi connectivity index (χ3n) is 4.51. The molecule has 1 aliphatic heterocycles. The van der Waals surface area contributed by atoms with Gasteiger partial charge in [-0.25, -0.2) is 0 Å². The van der Waals surface area contributed by atoms with Gasteiger partial charge in [0.25, 0.3) is 10.1 Å². The van der Waals surface area contributed by atoms with Crippen LogP contribution in [-0.2, 0) is 29.8 Å². The fraction of sp³-hybridized carbons (Fsp3) is 0.333. The van der Waals surface area contributed by atoms with Crippen LogP contribution >= 0.6 is 0 Å². The minimum Gasteiger partial charge on any atom is -0.497 e. The van der Waals surface area contributed by atoms with Crippen molar-refractivity contribution in [1.29, 1.82) is 0 Å². The van der Waals surface area contributed by atoms with E-state index in [1.807, 2.05) is 44.2 Å². The summed E-state index contributed by atoms with van der Waals surface area (Å²) in [6.07, 6.45) is 2.51. The summed E-state index contributed by atoms with van der Waals surface area (Å²) in [7, 11) is -4.94. The molecule has 7 heteroatoms. The van der Waals surface area contributed by atoms with Crippen molar-refractivity contribution in [3.63, 3.8) is 0 Å². The van der Waals surface area contributed by atoms with E-state index in [1.54, 1.807) is 24.3 Å². The number of allylic oxidation sites excluding steroid dienone is 1. The van der Waals surface area contributed by atoms with Crippen molar-refractivity contribution in [2.24, 2.45) is 5.92 Å². The van der Waals surface area contributed by atoms with Crippen molar-refractivity contribution in [2.75, 3.05) is 19.0 Å². The Bertz CT molecular complexity index is 961. The molecule has 0 saturated heterocycles. The van der Waals surface area contributed by atoms with Gasteiger partial charge in [0.1, 0.15) is 5.76 Å². The van der Waals surface area contributed by atoms with Gasteiger partial charge in [-0.15, -0.1) is 0 Å². The molecule has 1 aliphatic rings. The molecule has 2 aromatic rings. The van der Waals surface area contributed by atoms with Gasteiger partial charge in [-0.3, -0.25) is 8.39 Å². The van der Waals surface area contributed by atoms with Gasteiger partial charge in [0.05, 0.1) is 34.7 Å². The van der Waals surface area contributed by atoms with E-state index in [9.17, 15) is 12.6 Å². The first-order valence-electron chi connectivity index (χ1n) is 9.06. The lowest BCUT2D eigenvalue weighted by Gasteiger charge is -2.22. The smallest absolute Gasteiger partial charge is 0.296 e. The number of hydrogen-bond acceptors (Lipinski definition) is 5. The van der Waals surface area contributed by atoms with E-state index in [1.165, 1.54) is 0 Å². The molecular weight excluding hydrogens is 396 g/mol. The molecule has 1 heterocycles. The van der Waals surface area contributed by atoms with Crippen LogP contribution in [0.5, 0.6) is 0 Å². The van der Waals surface area contributed by atoms with Crippen molar-refractivity contribution >= 4 is 20.9 Å². The Balaban J connectivity index is 1.51. The first-order chi connectivity index (χ1) is 13.3. The molecule has 0 N–H and O–H groups in total. The Labute approximate surface area is 169 Å². The van der Waals surface area contributed by atoms with Crippen LogP contribution in [0, 0.1) is 19.8 Å². The largest absolute Gasteiger partial charge is 0.497 e. The maximum absolute atomic E-state index is 12.4. The average molecular weight is 421 g/mol. The van der Waals surface area contributed by atoms with E-state index in [0.717, 1.165) is 16.0 Å². The molecule has 0 unspecified atom stereocenters. The highest BCUT2D eigenvalue weighted by molar-refractivity contribution is 7.86. The van der Waals surface area contributed by atoms with Crippen LogP contribution in [0.2, 0.25) is 0 Å². The third-order valence-corrected chi connectivity index (χ3v) is 7.15. The zero-order chi connectivity index (χ0) is 20.1. The Morgan fingerprint density at radius 1 is 1.04 bits per heavy atom. The Kier molecular flexibility index (Phi) is 6.69. The summed E-state index contributed by atoms with van der Waals surface area (Å²) in [4.78, 5) is 0.921. The lowest BCUT2D eigenvalue weighted by Crippen LogP contribution is -2.23. The monoisotopic (exact) mass is 420 g/mol. The molecule has 150 valence electrons. The lowest BCUT2D eigenvalue weighted by atomic mass is 10.1. The molecule has 3 rings (SSSR count). The van der Waals surface area contributed by atoms with Crippen molar-refractivity contribution in [3.8, 4) is 0 Å². The number of benzene rings is 2. The van der Waals surface area contributed by atoms with Crippen molar-refractivity contribution in [3.05, 3.63) is 71.5 Å². The minimum atomic E-state index is -3.77. The second-order valence-corrected chi connectivity index (χ2v) is 10.0. The third kappa shape index (κ3) is 5.53. The maximum atomic E-state index is 12.4. The van der Waals surface area contributed by atoms with Gasteiger partial charge in [0.2, 0.25) is 0 Å². The number of aryl methyl sites for hydroxylation is 2. The second-order valence-electron chi connectivity index (χ2n) is 6.94. The fourth-order valence-corrected chi connectivity index (χ4v) is 4.77. The molecule has 0 aliphatic carbocycles. The van der Waals surface area contributed by atoms with Gasteiger partial charge in [-0.05, 0) is 50.6 Å². The average Bonchev–Trinajstić information content (AvgIpc) is 2.68. The van der Waals surface area contributed by atoms with Gasteiger partial charge in [-0.2, -0.15) is 8.42 Å². The summed E-state index contributed by atoms with van der Waals surface area (Å²) < 4.78 is 47.8. The Morgan fingerprint density at radius 2 is 1.64 bits per heavy atom. The Hall–Kier alpha value is -1.96. The highest BCUT2D eigenvalue weighted by atomic mass is 32.2. The molecule has 28 heavy (non-hydrogen) atoms. The lowest BCUT2D eigenvalue weighted by molar-refractivity contribution is 0.116. The molecule has 5 nitrogen and oxygen atoms in total. The molecule has 0 radical (unpaired) electrons. The molecular formula is C21H24O5S2. The van der Waals surface area contributed by atoms with Gasteiger partial charge in [-0.1, -0.05) is 35.4 Å². The van der Waals surface area contributed by atoms with Crippen LogP contribution in [0.25, 0.3) is 0 Å². The molecule has 2 atom stereocenters. The van der Waals surface area contributed by atoms with E-state index in [4.69, 9.17) is 8.92 Å². The van der Waals surface area contributed by atoms with E-state index in [-0.39, 0.29) is 17.4 Å². The first kappa shape index (κ1) is 20.8. The van der Waals surface area contributed by atoms with E-state index in [0.29, 0.717) is 24.5 Å². The van der Waals surface area contributed by atoms with Crippen molar-refractivity contribution < 1.29 is 21.5 Å². The zero-order valence-corrected chi connectivity index (χ0v) is 17.6. The van der Waals surface area contributed by atoms with Crippen LogP contribution in [0.15, 0.2) is 70.2 Å². The van der Waals surface area contributed by atoms with Crippen molar-refractivity contribution in [1.82, 2.24) is 0 Å². The molecule has 0 fully saturated rings. The van der Waals surface area contributed by atoms with E-state index >= 15 is 0 Å². The predicted molar refractivity (Wildman–Crippen MR) is 109 cm³/mol. The SMILES string of the molecule is Cc1ccc([S@](=O)CC2=CC[C@H](COS(=O)(=O)c3ccc(C)cc3)CO2)cc1. The van der Waals surface area contributed by atoms with Gasteiger partial charge < -0.3 is 4.74 Å². The van der Waals surface area contributed by atoms with E-state index < -0.39 is 20.9 Å². The van der Waals surface area contributed by atoms with Gasteiger partial charge in [0, 0.05) is 10.8 Å². The Morgan fingerprint density at radius 3 is 2.21 bits per heavy atom. The number of rotatable bonds is 7. The highest BCUT2D eigenvalue weighted by Crippen LogP contribution is 2.21. The van der Waals surface area contributed by atoms with Gasteiger partial charge in [0.15, 0.2) is 0 Å². The summed E-state index contributed by atoms with van der Waals surface area (Å²) in [6.45, 7) is 4.29. The van der Waals surface area contributed by atoms with Crippen LogP contribution in [0.1, 0.15) is 17.5 Å². The van der Waals surface area contributed by atoms with Crippen LogP contribution in [0.4, 0.5) is 0 Å². The van der Waals surface area contributed by atoms with Gasteiger partial charge >= 0.3 is 0 Å². The summed E-state index contributed by atoms with van der Waals surface area (Å²) in [6, 6.07) is 14.2. The number of ether oxygens (including phenoxy) is 1. The van der Waals surface area contributed by atoms with Crippen LogP contribution in [0.3, 0.4) is 0 Å². The standard InChI is InChI=1S/C21H24O5S2/c1-16-3-9-20(10-4-16)27(22)15-19-8-7-18(13-25-19)14-26-28(23,24)21-11-5-17(2)6-12-21/h3-6,8-12,18H,7,13-15H2,1-2H3/t18-,27+/m0/s1. The van der Waals surface area contributed by atoms with Crippen LogP contribution in [-0.4, -0.2) is 31.6 Å². The summed E-state index contributed by atoms with van der Waals surface area (Å²) in [5.74, 6) is 0.937. The normalized spacial score (nSPS) is 18.2. The van der Waals surface area contributed by atoms with Crippen molar-refractivity contribution in [2.45, 2.75) is 30.1 Å². The van der Waals surface area contributed by atoms with E-state index in [2.05, 4.69) is 0 Å². The first-order valence-corrected chi connectivity index (χ1v) is 11.8. The summed E-state index contributed by atoms with van der Waals surface area (Å²) in [5, 5.41) is 0. The molecule has 0 saturated carbocycles. The summed E-state index contributed by atoms with van der Waals surface area (Å²) >= 11 is 0. The molecule has 0 aromatic heterocycles. The number of hydrogen-bond donors (Lipinski definition) is 0. The molecule has 2 aromatic carbocycles. The molecule has 0 spiro atoms. The highest BCUT2D eigenvalue weighted by Gasteiger charge is 2.22. The molecule has 0 amide bonds. The van der Waals surface area contributed by atoms with Crippen LogP contribution < -0.4 is 0 Å².